The van der Waals surface area contributed by atoms with Crippen molar-refractivity contribution in [3.05, 3.63) is 34.6 Å². The molecule has 0 unspecified atom stereocenters. The Morgan fingerprint density at radius 3 is 2.73 bits per heavy atom. The predicted molar refractivity (Wildman–Crippen MR) is 60.2 cm³/mol. The summed E-state index contributed by atoms with van der Waals surface area (Å²) in [5, 5.41) is 2.02. The molecular weight excluding hydrogens is 208 g/mol. The molecule has 0 aliphatic carbocycles. The minimum Gasteiger partial charge on any atom is -0.294 e. The molecule has 0 saturated heterocycles. The van der Waals surface area contributed by atoms with Crippen LogP contribution in [0.25, 0.3) is 10.6 Å². The summed E-state index contributed by atoms with van der Waals surface area (Å²) in [5.41, 5.74) is 2.82. The van der Waals surface area contributed by atoms with E-state index in [1.54, 1.807) is 11.3 Å². The van der Waals surface area contributed by atoms with Gasteiger partial charge < -0.3 is 0 Å². The van der Waals surface area contributed by atoms with Gasteiger partial charge in [-0.1, -0.05) is 0 Å². The first-order chi connectivity index (χ1) is 7.20. The SMILES string of the molecule is Cc1cc(-c2sccc2C)nc(C=O)n1. The molecule has 15 heavy (non-hydrogen) atoms. The van der Waals surface area contributed by atoms with Gasteiger partial charge in [-0.25, -0.2) is 9.97 Å². The number of aldehydes is 1. The second-order valence-corrected chi connectivity index (χ2v) is 4.22. The van der Waals surface area contributed by atoms with Gasteiger partial charge in [-0.3, -0.25) is 4.79 Å². The average molecular weight is 218 g/mol. The van der Waals surface area contributed by atoms with Gasteiger partial charge in [0.15, 0.2) is 12.1 Å². The summed E-state index contributed by atoms with van der Waals surface area (Å²) in [5.74, 6) is 0.248. The van der Waals surface area contributed by atoms with Gasteiger partial charge in [-0.2, -0.15) is 0 Å². The lowest BCUT2D eigenvalue weighted by molar-refractivity contribution is 0.111. The van der Waals surface area contributed by atoms with Crippen LogP contribution in [-0.4, -0.2) is 16.3 Å². The Kier molecular flexibility index (Phi) is 2.60. The minimum absolute atomic E-state index is 0.248. The molecule has 0 bridgehead atoms. The Balaban J connectivity index is 2.58. The van der Waals surface area contributed by atoms with Crippen LogP contribution in [0.5, 0.6) is 0 Å². The molecule has 0 atom stereocenters. The van der Waals surface area contributed by atoms with E-state index in [0.717, 1.165) is 16.3 Å². The lowest BCUT2D eigenvalue weighted by Crippen LogP contribution is -1.96. The van der Waals surface area contributed by atoms with E-state index >= 15 is 0 Å². The summed E-state index contributed by atoms with van der Waals surface area (Å²) in [6.07, 6.45) is 0.680. The fraction of sp³-hybridized carbons (Fsp3) is 0.182. The number of thiophene rings is 1. The highest BCUT2D eigenvalue weighted by Crippen LogP contribution is 2.27. The molecule has 3 nitrogen and oxygen atoms in total. The van der Waals surface area contributed by atoms with Crippen molar-refractivity contribution < 1.29 is 4.79 Å². The van der Waals surface area contributed by atoms with Gasteiger partial charge >= 0.3 is 0 Å². The lowest BCUT2D eigenvalue weighted by atomic mass is 10.2. The average Bonchev–Trinajstić information content (AvgIpc) is 2.63. The topological polar surface area (TPSA) is 42.9 Å². The second kappa shape index (κ2) is 3.90. The number of aryl methyl sites for hydroxylation is 2. The van der Waals surface area contributed by atoms with Crippen molar-refractivity contribution in [1.29, 1.82) is 0 Å². The number of hydrogen-bond acceptors (Lipinski definition) is 4. The van der Waals surface area contributed by atoms with E-state index in [0.29, 0.717) is 6.29 Å². The van der Waals surface area contributed by atoms with E-state index in [4.69, 9.17) is 0 Å². The smallest absolute Gasteiger partial charge is 0.193 e. The normalized spacial score (nSPS) is 10.3. The van der Waals surface area contributed by atoms with E-state index in [1.807, 2.05) is 31.4 Å². The molecular formula is C11H10N2OS. The van der Waals surface area contributed by atoms with E-state index < -0.39 is 0 Å². The number of rotatable bonds is 2. The van der Waals surface area contributed by atoms with Crippen molar-refractivity contribution in [1.82, 2.24) is 9.97 Å². The molecule has 2 heterocycles. The van der Waals surface area contributed by atoms with Crippen LogP contribution in [-0.2, 0) is 0 Å². The number of hydrogen-bond donors (Lipinski definition) is 0. The number of aromatic nitrogens is 2. The molecule has 0 aromatic carbocycles. The van der Waals surface area contributed by atoms with Gasteiger partial charge in [0.25, 0.3) is 0 Å². The van der Waals surface area contributed by atoms with E-state index in [9.17, 15) is 4.79 Å². The first-order valence-electron chi connectivity index (χ1n) is 4.56. The molecule has 0 fully saturated rings. The summed E-state index contributed by atoms with van der Waals surface area (Å²) in [7, 11) is 0. The van der Waals surface area contributed by atoms with Gasteiger partial charge in [-0.05, 0) is 36.9 Å². The molecule has 0 N–H and O–H groups in total. The van der Waals surface area contributed by atoms with Gasteiger partial charge in [0.05, 0.1) is 10.6 Å². The Hall–Kier alpha value is -1.55. The summed E-state index contributed by atoms with van der Waals surface area (Å²) >= 11 is 1.62. The Morgan fingerprint density at radius 1 is 1.33 bits per heavy atom. The molecule has 2 aromatic heterocycles. The second-order valence-electron chi connectivity index (χ2n) is 3.30. The number of carbonyl (C=O) groups is 1. The molecule has 2 rings (SSSR count). The Labute approximate surface area is 91.8 Å². The zero-order chi connectivity index (χ0) is 10.8. The molecule has 4 heteroatoms. The Morgan fingerprint density at radius 2 is 2.13 bits per heavy atom. The van der Waals surface area contributed by atoms with Crippen molar-refractivity contribution in [2.45, 2.75) is 13.8 Å². The van der Waals surface area contributed by atoms with Crippen molar-refractivity contribution in [3.8, 4) is 10.6 Å². The quantitative estimate of drug-likeness (QED) is 0.728. The maximum absolute atomic E-state index is 10.6. The molecule has 0 spiro atoms. The van der Waals surface area contributed by atoms with Crippen molar-refractivity contribution >= 4 is 17.6 Å². The molecule has 0 saturated carbocycles. The highest BCUT2D eigenvalue weighted by atomic mass is 32.1. The zero-order valence-electron chi connectivity index (χ0n) is 8.52. The van der Waals surface area contributed by atoms with Crippen molar-refractivity contribution in [2.24, 2.45) is 0 Å². The van der Waals surface area contributed by atoms with E-state index in [-0.39, 0.29) is 5.82 Å². The number of carbonyl (C=O) groups excluding carboxylic acids is 1. The Bertz CT molecular complexity index is 505. The third kappa shape index (κ3) is 1.94. The zero-order valence-corrected chi connectivity index (χ0v) is 9.34. The van der Waals surface area contributed by atoms with Gasteiger partial charge in [0, 0.05) is 5.69 Å². The highest BCUT2D eigenvalue weighted by Gasteiger charge is 2.07. The van der Waals surface area contributed by atoms with Crippen LogP contribution in [0.3, 0.4) is 0 Å². The van der Waals surface area contributed by atoms with Crippen LogP contribution in [0.15, 0.2) is 17.5 Å². The summed E-state index contributed by atoms with van der Waals surface area (Å²) in [6, 6.07) is 3.93. The predicted octanol–water partition coefficient (Wildman–Crippen LogP) is 2.63. The summed E-state index contributed by atoms with van der Waals surface area (Å²) in [6.45, 7) is 3.89. The minimum atomic E-state index is 0.248. The highest BCUT2D eigenvalue weighted by molar-refractivity contribution is 7.13. The van der Waals surface area contributed by atoms with Crippen LogP contribution in [0.4, 0.5) is 0 Å². The standard InChI is InChI=1S/C11H10N2OS/c1-7-3-4-15-11(7)9-5-8(2)12-10(6-14)13-9/h3-6H,1-2H3. The van der Waals surface area contributed by atoms with Gasteiger partial charge in [-0.15, -0.1) is 11.3 Å². The third-order valence-electron chi connectivity index (χ3n) is 2.07. The van der Waals surface area contributed by atoms with Gasteiger partial charge in [0.1, 0.15) is 0 Å². The van der Waals surface area contributed by atoms with Gasteiger partial charge in [0.2, 0.25) is 0 Å². The monoisotopic (exact) mass is 218 g/mol. The van der Waals surface area contributed by atoms with Crippen LogP contribution in [0, 0.1) is 13.8 Å². The van der Waals surface area contributed by atoms with Crippen LogP contribution in [0.1, 0.15) is 21.9 Å². The largest absolute Gasteiger partial charge is 0.294 e. The maximum Gasteiger partial charge on any atom is 0.193 e. The van der Waals surface area contributed by atoms with E-state index in [2.05, 4.69) is 9.97 Å². The van der Waals surface area contributed by atoms with Crippen molar-refractivity contribution in [2.75, 3.05) is 0 Å². The molecule has 76 valence electrons. The van der Waals surface area contributed by atoms with Crippen molar-refractivity contribution in [3.63, 3.8) is 0 Å². The van der Waals surface area contributed by atoms with Crippen LogP contribution in [0.2, 0.25) is 0 Å². The fourth-order valence-electron chi connectivity index (χ4n) is 1.40. The first kappa shape index (κ1) is 9.98. The first-order valence-corrected chi connectivity index (χ1v) is 5.44. The molecule has 0 radical (unpaired) electrons. The molecule has 0 aliphatic rings. The van der Waals surface area contributed by atoms with Crippen LogP contribution < -0.4 is 0 Å². The van der Waals surface area contributed by atoms with Crippen LogP contribution >= 0.6 is 11.3 Å². The van der Waals surface area contributed by atoms with E-state index in [1.165, 1.54) is 5.56 Å². The third-order valence-corrected chi connectivity index (χ3v) is 3.11. The fourth-order valence-corrected chi connectivity index (χ4v) is 2.28. The summed E-state index contributed by atoms with van der Waals surface area (Å²) in [4.78, 5) is 19.9. The maximum atomic E-state index is 10.6. The lowest BCUT2D eigenvalue weighted by Gasteiger charge is -2.01. The molecule has 0 amide bonds. The number of nitrogens with zero attached hydrogens (tertiary/aromatic N) is 2. The molecule has 2 aromatic rings. The summed E-state index contributed by atoms with van der Waals surface area (Å²) < 4.78 is 0. The molecule has 0 aliphatic heterocycles.